The second-order valence-electron chi connectivity index (χ2n) is 3.26. The minimum atomic E-state index is 0.140. The number of rotatable bonds is 4. The summed E-state index contributed by atoms with van der Waals surface area (Å²) in [5.74, 6) is 1.66. The molecular weight excluding hydrogens is 178 g/mol. The van der Waals surface area contributed by atoms with Crippen molar-refractivity contribution < 1.29 is 5.11 Å². The highest BCUT2D eigenvalue weighted by molar-refractivity contribution is 5.38. The summed E-state index contributed by atoms with van der Waals surface area (Å²) < 4.78 is 0. The van der Waals surface area contributed by atoms with E-state index in [2.05, 4.69) is 16.9 Å². The third-order valence-corrected chi connectivity index (χ3v) is 2.07. The summed E-state index contributed by atoms with van der Waals surface area (Å²) in [6, 6.07) is 1.96. The minimum Gasteiger partial charge on any atom is -0.395 e. The van der Waals surface area contributed by atoms with Crippen LogP contribution in [-0.2, 0) is 6.42 Å². The second-order valence-corrected chi connectivity index (χ2v) is 3.26. The van der Waals surface area contributed by atoms with E-state index in [9.17, 15) is 0 Å². The van der Waals surface area contributed by atoms with Crippen LogP contribution in [-0.4, -0.2) is 35.3 Å². The number of hydrogen-bond donors (Lipinski definition) is 1. The maximum Gasteiger partial charge on any atom is 0.132 e. The average molecular weight is 195 g/mol. The van der Waals surface area contributed by atoms with Gasteiger partial charge in [-0.15, -0.1) is 0 Å². The van der Waals surface area contributed by atoms with Crippen molar-refractivity contribution in [2.45, 2.75) is 20.3 Å². The Balaban J connectivity index is 2.90. The number of anilines is 1. The summed E-state index contributed by atoms with van der Waals surface area (Å²) in [6.07, 6.45) is 0.906. The molecule has 1 aromatic heterocycles. The van der Waals surface area contributed by atoms with Gasteiger partial charge in [0.25, 0.3) is 0 Å². The number of aliphatic hydroxyl groups is 1. The van der Waals surface area contributed by atoms with E-state index in [1.165, 1.54) is 0 Å². The van der Waals surface area contributed by atoms with Gasteiger partial charge in [-0.1, -0.05) is 6.92 Å². The van der Waals surface area contributed by atoms with Crippen LogP contribution >= 0.6 is 0 Å². The topological polar surface area (TPSA) is 49.2 Å². The van der Waals surface area contributed by atoms with Crippen LogP contribution in [0.5, 0.6) is 0 Å². The van der Waals surface area contributed by atoms with E-state index in [0.29, 0.717) is 6.54 Å². The SMILES string of the molecule is CCc1cc(N(C)CCO)nc(C)n1. The van der Waals surface area contributed by atoms with E-state index in [1.807, 2.05) is 24.9 Å². The number of nitrogens with zero attached hydrogens (tertiary/aromatic N) is 3. The van der Waals surface area contributed by atoms with E-state index in [4.69, 9.17) is 5.11 Å². The van der Waals surface area contributed by atoms with Crippen LogP contribution < -0.4 is 4.90 Å². The maximum atomic E-state index is 8.81. The Morgan fingerprint density at radius 2 is 2.14 bits per heavy atom. The van der Waals surface area contributed by atoms with Crippen molar-refractivity contribution in [2.75, 3.05) is 25.1 Å². The van der Waals surface area contributed by atoms with E-state index in [1.54, 1.807) is 0 Å². The summed E-state index contributed by atoms with van der Waals surface area (Å²) in [5, 5.41) is 8.81. The van der Waals surface area contributed by atoms with Gasteiger partial charge >= 0.3 is 0 Å². The monoisotopic (exact) mass is 195 g/mol. The molecule has 0 aromatic carbocycles. The fourth-order valence-electron chi connectivity index (χ4n) is 1.25. The third-order valence-electron chi connectivity index (χ3n) is 2.07. The summed E-state index contributed by atoms with van der Waals surface area (Å²) >= 11 is 0. The van der Waals surface area contributed by atoms with Gasteiger partial charge < -0.3 is 10.0 Å². The molecule has 1 N–H and O–H groups in total. The van der Waals surface area contributed by atoms with Crippen LogP contribution in [0.2, 0.25) is 0 Å². The Morgan fingerprint density at radius 3 is 2.71 bits per heavy atom. The van der Waals surface area contributed by atoms with Crippen LogP contribution in [0.3, 0.4) is 0 Å². The molecule has 0 saturated carbocycles. The quantitative estimate of drug-likeness (QED) is 0.771. The van der Waals surface area contributed by atoms with E-state index < -0.39 is 0 Å². The molecule has 4 heteroatoms. The van der Waals surface area contributed by atoms with Crippen molar-refractivity contribution in [3.8, 4) is 0 Å². The van der Waals surface area contributed by atoms with Crippen molar-refractivity contribution in [1.82, 2.24) is 9.97 Å². The zero-order valence-electron chi connectivity index (χ0n) is 8.99. The average Bonchev–Trinajstić information content (AvgIpc) is 2.17. The Labute approximate surface area is 84.6 Å². The molecule has 0 atom stereocenters. The summed E-state index contributed by atoms with van der Waals surface area (Å²) in [5.41, 5.74) is 1.04. The Hall–Kier alpha value is -1.16. The molecule has 0 aliphatic heterocycles. The van der Waals surface area contributed by atoms with Crippen LogP contribution in [0.15, 0.2) is 6.07 Å². The van der Waals surface area contributed by atoms with Gasteiger partial charge in [0.2, 0.25) is 0 Å². The van der Waals surface area contributed by atoms with Gasteiger partial charge in [0.05, 0.1) is 6.61 Å². The molecule has 0 unspecified atom stereocenters. The molecule has 1 aromatic rings. The van der Waals surface area contributed by atoms with Crippen molar-refractivity contribution in [3.63, 3.8) is 0 Å². The van der Waals surface area contributed by atoms with Gasteiger partial charge in [-0.25, -0.2) is 9.97 Å². The van der Waals surface area contributed by atoms with Gasteiger partial charge in [0.15, 0.2) is 0 Å². The number of aromatic nitrogens is 2. The Bertz CT molecular complexity index is 301. The molecular formula is C10H17N3O. The lowest BCUT2D eigenvalue weighted by Crippen LogP contribution is -2.22. The molecule has 0 radical (unpaired) electrons. The molecule has 0 aliphatic rings. The summed E-state index contributed by atoms with van der Waals surface area (Å²) in [4.78, 5) is 10.5. The fourth-order valence-corrected chi connectivity index (χ4v) is 1.25. The molecule has 0 saturated heterocycles. The molecule has 78 valence electrons. The lowest BCUT2D eigenvalue weighted by molar-refractivity contribution is 0.304. The Kier molecular flexibility index (Phi) is 3.83. The van der Waals surface area contributed by atoms with Crippen molar-refractivity contribution >= 4 is 5.82 Å². The maximum absolute atomic E-state index is 8.81. The number of hydrogen-bond acceptors (Lipinski definition) is 4. The van der Waals surface area contributed by atoms with Gasteiger partial charge in [0.1, 0.15) is 11.6 Å². The van der Waals surface area contributed by atoms with Crippen LogP contribution in [0.1, 0.15) is 18.4 Å². The van der Waals surface area contributed by atoms with Gasteiger partial charge in [-0.2, -0.15) is 0 Å². The largest absolute Gasteiger partial charge is 0.395 e. The highest BCUT2D eigenvalue weighted by Gasteiger charge is 2.04. The van der Waals surface area contributed by atoms with Gasteiger partial charge in [-0.05, 0) is 13.3 Å². The van der Waals surface area contributed by atoms with Crippen LogP contribution in [0, 0.1) is 6.92 Å². The molecule has 0 aliphatic carbocycles. The molecule has 1 rings (SSSR count). The molecule has 0 spiro atoms. The molecule has 4 nitrogen and oxygen atoms in total. The van der Waals surface area contributed by atoms with Crippen molar-refractivity contribution in [1.29, 1.82) is 0 Å². The zero-order chi connectivity index (χ0) is 10.6. The van der Waals surface area contributed by atoms with Crippen molar-refractivity contribution in [2.24, 2.45) is 0 Å². The number of aryl methyl sites for hydroxylation is 2. The summed E-state index contributed by atoms with van der Waals surface area (Å²) in [6.45, 7) is 4.69. The smallest absolute Gasteiger partial charge is 0.132 e. The molecule has 0 fully saturated rings. The lowest BCUT2D eigenvalue weighted by Gasteiger charge is -2.17. The Morgan fingerprint density at radius 1 is 1.43 bits per heavy atom. The number of likely N-dealkylation sites (N-methyl/N-ethyl adjacent to an activating group) is 1. The highest BCUT2D eigenvalue weighted by Crippen LogP contribution is 2.10. The zero-order valence-corrected chi connectivity index (χ0v) is 8.99. The first-order valence-electron chi connectivity index (χ1n) is 4.84. The molecule has 0 bridgehead atoms. The molecule has 1 heterocycles. The standard InChI is InChI=1S/C10H17N3O/c1-4-9-7-10(12-8(2)11-9)13(3)5-6-14/h7,14H,4-6H2,1-3H3. The minimum absolute atomic E-state index is 0.140. The van der Waals surface area contributed by atoms with Crippen LogP contribution in [0.25, 0.3) is 0 Å². The number of aliphatic hydroxyl groups excluding tert-OH is 1. The summed E-state index contributed by atoms with van der Waals surface area (Å²) in [7, 11) is 1.91. The van der Waals surface area contributed by atoms with Crippen molar-refractivity contribution in [3.05, 3.63) is 17.6 Å². The molecule has 14 heavy (non-hydrogen) atoms. The predicted molar refractivity (Wildman–Crippen MR) is 56.5 cm³/mol. The highest BCUT2D eigenvalue weighted by atomic mass is 16.3. The van der Waals surface area contributed by atoms with E-state index in [0.717, 1.165) is 23.8 Å². The fraction of sp³-hybridized carbons (Fsp3) is 0.600. The first kappa shape index (κ1) is 10.9. The van der Waals surface area contributed by atoms with Gasteiger partial charge in [0, 0.05) is 25.4 Å². The van der Waals surface area contributed by atoms with Crippen LogP contribution in [0.4, 0.5) is 5.82 Å². The normalized spacial score (nSPS) is 10.3. The van der Waals surface area contributed by atoms with E-state index in [-0.39, 0.29) is 6.61 Å². The van der Waals surface area contributed by atoms with E-state index >= 15 is 0 Å². The van der Waals surface area contributed by atoms with Gasteiger partial charge in [-0.3, -0.25) is 0 Å². The molecule has 0 amide bonds. The lowest BCUT2D eigenvalue weighted by atomic mass is 10.3. The first-order valence-corrected chi connectivity index (χ1v) is 4.84. The third kappa shape index (κ3) is 2.67. The first-order chi connectivity index (χ1) is 6.67. The second kappa shape index (κ2) is 4.91. The predicted octanol–water partition coefficient (Wildman–Crippen LogP) is 0.776.